The van der Waals surface area contributed by atoms with Crippen LogP contribution < -0.4 is 5.32 Å². The number of fused-ring (bicyclic) bond motifs is 1. The van der Waals surface area contributed by atoms with E-state index in [4.69, 9.17) is 5.26 Å². The monoisotopic (exact) mass is 311 g/mol. The van der Waals surface area contributed by atoms with Gasteiger partial charge in [0.25, 0.3) is 0 Å². The van der Waals surface area contributed by atoms with Crippen molar-refractivity contribution in [2.75, 3.05) is 13.1 Å². The molecule has 8 heteroatoms. The van der Waals surface area contributed by atoms with Crippen LogP contribution in [0.5, 0.6) is 0 Å². The van der Waals surface area contributed by atoms with Crippen LogP contribution in [0.15, 0.2) is 31.0 Å². The Kier molecular flexibility index (Phi) is 2.96. The highest BCUT2D eigenvalue weighted by Gasteiger charge is 2.39. The molecular formula is C14H14N7P. The van der Waals surface area contributed by atoms with Gasteiger partial charge in [-0.2, -0.15) is 10.4 Å². The van der Waals surface area contributed by atoms with Crippen molar-refractivity contribution in [3.63, 3.8) is 0 Å². The average molecular weight is 311 g/mol. The number of rotatable bonds is 3. The maximum Gasteiger partial charge on any atom is 0.146 e. The Hall–Kier alpha value is -2.29. The minimum absolute atomic E-state index is 0.230. The summed E-state index contributed by atoms with van der Waals surface area (Å²) in [6, 6.07) is 4.25. The lowest BCUT2D eigenvalue weighted by Gasteiger charge is -2.41. The summed E-state index contributed by atoms with van der Waals surface area (Å²) < 4.78 is 3.78. The SMILES string of the molecule is N#CCC1(n2cc(-c3ncnc4c3ccn4P)cn2)CNC1. The van der Waals surface area contributed by atoms with Crippen LogP contribution in [0, 0.1) is 11.3 Å². The molecule has 4 rings (SSSR count). The number of aromatic nitrogens is 5. The third-order valence-corrected chi connectivity index (χ3v) is 4.58. The van der Waals surface area contributed by atoms with Crippen LogP contribution in [0.3, 0.4) is 0 Å². The van der Waals surface area contributed by atoms with E-state index in [1.807, 2.05) is 27.5 Å². The van der Waals surface area contributed by atoms with E-state index in [2.05, 4.69) is 35.8 Å². The normalized spacial score (nSPS) is 16.4. The lowest BCUT2D eigenvalue weighted by atomic mass is 9.89. The van der Waals surface area contributed by atoms with Gasteiger partial charge in [-0.15, -0.1) is 0 Å². The molecule has 0 bridgehead atoms. The van der Waals surface area contributed by atoms with E-state index in [0.717, 1.165) is 35.4 Å². The first-order chi connectivity index (χ1) is 10.7. The Morgan fingerprint density at radius 3 is 3.00 bits per heavy atom. The molecule has 1 aliphatic rings. The molecule has 0 radical (unpaired) electrons. The molecule has 1 fully saturated rings. The zero-order valence-corrected chi connectivity index (χ0v) is 12.9. The second-order valence-corrected chi connectivity index (χ2v) is 6.08. The molecule has 4 heterocycles. The molecule has 0 saturated carbocycles. The van der Waals surface area contributed by atoms with Gasteiger partial charge in [0, 0.05) is 36.4 Å². The summed E-state index contributed by atoms with van der Waals surface area (Å²) in [7, 11) is 2.61. The average Bonchev–Trinajstić information content (AvgIpc) is 3.11. The summed E-state index contributed by atoms with van der Waals surface area (Å²) in [5, 5.41) is 17.7. The number of nitrogens with one attached hydrogen (secondary N) is 1. The van der Waals surface area contributed by atoms with E-state index in [1.165, 1.54) is 0 Å². The molecule has 0 aromatic carbocycles. The summed E-state index contributed by atoms with van der Waals surface area (Å²) in [6.07, 6.45) is 7.72. The molecule has 1 unspecified atom stereocenters. The highest BCUT2D eigenvalue weighted by Crippen LogP contribution is 2.30. The molecule has 1 atom stereocenters. The first kappa shape index (κ1) is 13.4. The van der Waals surface area contributed by atoms with Crippen LogP contribution >= 0.6 is 9.39 Å². The Labute approximate surface area is 129 Å². The summed E-state index contributed by atoms with van der Waals surface area (Å²) in [4.78, 5) is 8.70. The summed E-state index contributed by atoms with van der Waals surface area (Å²) in [5.41, 5.74) is 2.43. The van der Waals surface area contributed by atoms with Gasteiger partial charge in [0.2, 0.25) is 0 Å². The van der Waals surface area contributed by atoms with Gasteiger partial charge < -0.3 is 9.65 Å². The van der Waals surface area contributed by atoms with E-state index in [0.29, 0.717) is 6.42 Å². The number of hydrogen-bond donors (Lipinski definition) is 1. The Bertz CT molecular complexity index is 884. The third kappa shape index (κ3) is 1.85. The van der Waals surface area contributed by atoms with Gasteiger partial charge in [-0.1, -0.05) is 0 Å². The largest absolute Gasteiger partial charge is 0.317 e. The molecule has 0 spiro atoms. The summed E-state index contributed by atoms with van der Waals surface area (Å²) in [6.45, 7) is 1.53. The van der Waals surface area contributed by atoms with Crippen molar-refractivity contribution in [2.45, 2.75) is 12.0 Å². The highest BCUT2D eigenvalue weighted by molar-refractivity contribution is 7.14. The number of nitriles is 1. The molecule has 7 nitrogen and oxygen atoms in total. The van der Waals surface area contributed by atoms with Crippen LogP contribution in [0.2, 0.25) is 0 Å². The molecule has 3 aromatic heterocycles. The maximum atomic E-state index is 9.05. The minimum atomic E-state index is -0.230. The smallest absolute Gasteiger partial charge is 0.146 e. The van der Waals surface area contributed by atoms with Crippen molar-refractivity contribution in [3.8, 4) is 17.3 Å². The summed E-state index contributed by atoms with van der Waals surface area (Å²) >= 11 is 0. The third-order valence-electron chi connectivity index (χ3n) is 4.17. The fraction of sp³-hybridized carbons (Fsp3) is 0.286. The van der Waals surface area contributed by atoms with Gasteiger partial charge >= 0.3 is 0 Å². The zero-order chi connectivity index (χ0) is 15.2. The first-order valence-electron chi connectivity index (χ1n) is 6.94. The second-order valence-electron chi connectivity index (χ2n) is 5.52. The zero-order valence-electron chi connectivity index (χ0n) is 11.8. The van der Waals surface area contributed by atoms with E-state index in [1.54, 1.807) is 12.5 Å². The van der Waals surface area contributed by atoms with Crippen LogP contribution in [0.1, 0.15) is 6.42 Å². The molecule has 1 aliphatic heterocycles. The molecular weight excluding hydrogens is 297 g/mol. The van der Waals surface area contributed by atoms with Gasteiger partial charge in [0.15, 0.2) is 0 Å². The fourth-order valence-electron chi connectivity index (χ4n) is 2.83. The number of nitrogens with zero attached hydrogens (tertiary/aromatic N) is 6. The quantitative estimate of drug-likeness (QED) is 0.733. The van der Waals surface area contributed by atoms with Crippen molar-refractivity contribution in [2.24, 2.45) is 0 Å². The van der Waals surface area contributed by atoms with E-state index in [9.17, 15) is 0 Å². The molecule has 1 saturated heterocycles. The Balaban J connectivity index is 1.79. The molecule has 22 heavy (non-hydrogen) atoms. The van der Waals surface area contributed by atoms with Crippen LogP contribution in [-0.4, -0.2) is 37.2 Å². The molecule has 110 valence electrons. The van der Waals surface area contributed by atoms with Crippen molar-refractivity contribution < 1.29 is 0 Å². The molecule has 0 aliphatic carbocycles. The molecule has 3 aromatic rings. The van der Waals surface area contributed by atoms with Crippen molar-refractivity contribution in [1.82, 2.24) is 29.4 Å². The number of hydrogen-bond acceptors (Lipinski definition) is 5. The van der Waals surface area contributed by atoms with Gasteiger partial charge in [-0.3, -0.25) is 4.68 Å². The van der Waals surface area contributed by atoms with Crippen molar-refractivity contribution >= 4 is 20.4 Å². The van der Waals surface area contributed by atoms with E-state index >= 15 is 0 Å². The van der Waals surface area contributed by atoms with Gasteiger partial charge in [-0.05, 0) is 15.5 Å². The second kappa shape index (κ2) is 4.87. The Morgan fingerprint density at radius 2 is 2.27 bits per heavy atom. The Morgan fingerprint density at radius 1 is 1.41 bits per heavy atom. The van der Waals surface area contributed by atoms with Crippen molar-refractivity contribution in [3.05, 3.63) is 31.0 Å². The lowest BCUT2D eigenvalue weighted by Crippen LogP contribution is -2.60. The van der Waals surface area contributed by atoms with E-state index < -0.39 is 0 Å². The predicted molar refractivity (Wildman–Crippen MR) is 84.9 cm³/mol. The molecule has 0 amide bonds. The van der Waals surface area contributed by atoms with Crippen LogP contribution in [-0.2, 0) is 5.54 Å². The van der Waals surface area contributed by atoms with E-state index in [-0.39, 0.29) is 5.54 Å². The van der Waals surface area contributed by atoms with Gasteiger partial charge in [0.1, 0.15) is 17.5 Å². The predicted octanol–water partition coefficient (Wildman–Crippen LogP) is 1.15. The lowest BCUT2D eigenvalue weighted by molar-refractivity contribution is 0.160. The fourth-order valence-corrected chi connectivity index (χ4v) is 3.13. The van der Waals surface area contributed by atoms with Crippen LogP contribution in [0.4, 0.5) is 0 Å². The van der Waals surface area contributed by atoms with Crippen molar-refractivity contribution in [1.29, 1.82) is 5.26 Å². The summed E-state index contributed by atoms with van der Waals surface area (Å²) in [5.74, 6) is 0. The van der Waals surface area contributed by atoms with Crippen LogP contribution in [0.25, 0.3) is 22.3 Å². The highest BCUT2D eigenvalue weighted by atomic mass is 31.0. The standard InChI is InChI=1S/C14H14N7P/c15-3-2-14(7-16-8-14)21-6-10(5-19-21)12-11-1-4-20(22)13(11)18-9-17-12/h1,4-6,9,16H,2,7-8,22H2. The first-order valence-corrected chi connectivity index (χ1v) is 7.45. The molecule has 1 N–H and O–H groups in total. The minimum Gasteiger partial charge on any atom is -0.317 e. The van der Waals surface area contributed by atoms with Gasteiger partial charge in [-0.25, -0.2) is 9.97 Å². The van der Waals surface area contributed by atoms with Gasteiger partial charge in [0.05, 0.1) is 24.4 Å². The maximum absolute atomic E-state index is 9.05. The topological polar surface area (TPSA) is 84.3 Å².